The highest BCUT2D eigenvalue weighted by Gasteiger charge is 2.16. The molecule has 2 aromatic heterocycles. The van der Waals surface area contributed by atoms with E-state index in [-0.39, 0.29) is 17.7 Å². The molecule has 0 aromatic carbocycles. The van der Waals surface area contributed by atoms with Gasteiger partial charge >= 0.3 is 0 Å². The van der Waals surface area contributed by atoms with Crippen LogP contribution in [0.25, 0.3) is 0 Å². The highest BCUT2D eigenvalue weighted by atomic mass is 79.9. The summed E-state index contributed by atoms with van der Waals surface area (Å²) in [6, 6.07) is 1.49. The Labute approximate surface area is 116 Å². The van der Waals surface area contributed by atoms with Gasteiger partial charge in [0.1, 0.15) is 16.1 Å². The summed E-state index contributed by atoms with van der Waals surface area (Å²) in [5, 5.41) is 0. The number of hydrazine groups is 1. The number of amides is 1. The van der Waals surface area contributed by atoms with Gasteiger partial charge in [-0.2, -0.15) is 0 Å². The molecule has 0 aliphatic carbocycles. The predicted octanol–water partition coefficient (Wildman–Crippen LogP) is 0.559. The molecule has 3 N–H and O–H groups in total. The van der Waals surface area contributed by atoms with Crippen molar-refractivity contribution in [3.8, 4) is 0 Å². The lowest BCUT2D eigenvalue weighted by Crippen LogP contribution is -2.31. The van der Waals surface area contributed by atoms with Gasteiger partial charge in [-0.3, -0.25) is 19.6 Å². The zero-order valence-electron chi connectivity index (χ0n) is 10.0. The molecule has 0 radical (unpaired) electrons. The SMILES string of the molecule is Cc1ncc(Br)c(=O)n1Cc1occc1C(=O)NN. The first-order chi connectivity index (χ1) is 9.04. The molecular weight excluding hydrogens is 316 g/mol. The van der Waals surface area contributed by atoms with Crippen LogP contribution in [0, 0.1) is 6.92 Å². The van der Waals surface area contributed by atoms with Crippen molar-refractivity contribution in [2.24, 2.45) is 5.84 Å². The molecule has 0 bridgehead atoms. The number of hydrogen-bond acceptors (Lipinski definition) is 5. The number of halogens is 1. The highest BCUT2D eigenvalue weighted by Crippen LogP contribution is 2.12. The molecule has 0 saturated heterocycles. The average molecular weight is 327 g/mol. The maximum Gasteiger partial charge on any atom is 0.268 e. The number of aromatic nitrogens is 2. The van der Waals surface area contributed by atoms with Crippen LogP contribution < -0.4 is 16.8 Å². The summed E-state index contributed by atoms with van der Waals surface area (Å²) in [5.41, 5.74) is 2.06. The minimum Gasteiger partial charge on any atom is -0.467 e. The Balaban J connectivity index is 2.43. The number of nitrogen functional groups attached to an aromatic ring is 1. The average Bonchev–Trinajstić information content (AvgIpc) is 2.86. The van der Waals surface area contributed by atoms with E-state index >= 15 is 0 Å². The van der Waals surface area contributed by atoms with Crippen LogP contribution in [0.5, 0.6) is 0 Å². The second kappa shape index (κ2) is 5.37. The molecule has 0 fully saturated rings. The second-order valence-corrected chi connectivity index (χ2v) is 4.63. The van der Waals surface area contributed by atoms with E-state index in [0.29, 0.717) is 16.1 Å². The van der Waals surface area contributed by atoms with Crippen LogP contribution in [0.2, 0.25) is 0 Å². The number of carbonyl (C=O) groups excluding carboxylic acids is 1. The van der Waals surface area contributed by atoms with Crippen molar-refractivity contribution in [2.45, 2.75) is 13.5 Å². The molecule has 0 aliphatic rings. The van der Waals surface area contributed by atoms with Crippen molar-refractivity contribution >= 4 is 21.8 Å². The lowest BCUT2D eigenvalue weighted by atomic mass is 10.2. The molecule has 0 aliphatic heterocycles. The van der Waals surface area contributed by atoms with Gasteiger partial charge in [-0.15, -0.1) is 0 Å². The molecular formula is C11H11BrN4O3. The smallest absolute Gasteiger partial charge is 0.268 e. The largest absolute Gasteiger partial charge is 0.467 e. The van der Waals surface area contributed by atoms with Gasteiger partial charge in [0, 0.05) is 6.20 Å². The number of aryl methyl sites for hydroxylation is 1. The maximum atomic E-state index is 12.0. The fraction of sp³-hybridized carbons (Fsp3) is 0.182. The van der Waals surface area contributed by atoms with Gasteiger partial charge in [0.25, 0.3) is 11.5 Å². The molecule has 19 heavy (non-hydrogen) atoms. The Kier molecular flexibility index (Phi) is 3.82. The van der Waals surface area contributed by atoms with Crippen LogP contribution in [-0.4, -0.2) is 15.5 Å². The van der Waals surface area contributed by atoms with Crippen LogP contribution in [0.3, 0.4) is 0 Å². The number of nitrogens with two attached hydrogens (primary N) is 1. The van der Waals surface area contributed by atoms with Gasteiger partial charge in [0.2, 0.25) is 0 Å². The lowest BCUT2D eigenvalue weighted by Gasteiger charge is -2.08. The van der Waals surface area contributed by atoms with Gasteiger partial charge in [-0.1, -0.05) is 0 Å². The Hall–Kier alpha value is -1.93. The van der Waals surface area contributed by atoms with Gasteiger partial charge in [-0.25, -0.2) is 10.8 Å². The van der Waals surface area contributed by atoms with Crippen molar-refractivity contribution in [1.82, 2.24) is 15.0 Å². The quantitative estimate of drug-likeness (QED) is 0.487. The third-order valence-electron chi connectivity index (χ3n) is 2.63. The third-order valence-corrected chi connectivity index (χ3v) is 3.17. The van der Waals surface area contributed by atoms with Crippen molar-refractivity contribution < 1.29 is 9.21 Å². The highest BCUT2D eigenvalue weighted by molar-refractivity contribution is 9.10. The summed E-state index contributed by atoms with van der Waals surface area (Å²) in [7, 11) is 0. The Bertz CT molecular complexity index is 677. The number of rotatable bonds is 3. The molecule has 7 nitrogen and oxygen atoms in total. The molecule has 2 aromatic rings. The number of hydrogen-bond donors (Lipinski definition) is 2. The minimum atomic E-state index is -0.475. The second-order valence-electron chi connectivity index (χ2n) is 3.78. The summed E-state index contributed by atoms with van der Waals surface area (Å²) in [4.78, 5) is 27.6. The third kappa shape index (κ3) is 2.59. The molecule has 100 valence electrons. The fourth-order valence-electron chi connectivity index (χ4n) is 1.62. The van der Waals surface area contributed by atoms with Crippen LogP contribution in [0.15, 0.2) is 32.2 Å². The molecule has 0 saturated carbocycles. The van der Waals surface area contributed by atoms with Gasteiger partial charge in [0.05, 0.1) is 18.4 Å². The molecule has 2 rings (SSSR count). The molecule has 0 atom stereocenters. The van der Waals surface area contributed by atoms with Crippen LogP contribution in [0.4, 0.5) is 0 Å². The van der Waals surface area contributed by atoms with Crippen molar-refractivity contribution in [2.75, 3.05) is 0 Å². The van der Waals surface area contributed by atoms with Crippen molar-refractivity contribution in [3.63, 3.8) is 0 Å². The summed E-state index contributed by atoms with van der Waals surface area (Å²) in [6.45, 7) is 1.80. The standard InChI is InChI=1S/C11H11BrN4O3/c1-6-14-4-8(12)11(18)16(6)5-9-7(2-3-19-9)10(17)15-13/h2-4H,5,13H2,1H3,(H,15,17). The first-order valence-electron chi connectivity index (χ1n) is 5.34. The summed E-state index contributed by atoms with van der Waals surface area (Å²) < 4.78 is 6.96. The summed E-state index contributed by atoms with van der Waals surface area (Å²) >= 11 is 3.12. The van der Waals surface area contributed by atoms with Crippen LogP contribution in [0.1, 0.15) is 21.9 Å². The molecule has 1 amide bonds. The minimum absolute atomic E-state index is 0.104. The summed E-state index contributed by atoms with van der Waals surface area (Å²) in [6.07, 6.45) is 2.80. The van der Waals surface area contributed by atoms with E-state index in [1.807, 2.05) is 5.43 Å². The van der Waals surface area contributed by atoms with Gasteiger partial charge in [-0.05, 0) is 28.9 Å². The predicted molar refractivity (Wildman–Crippen MR) is 70.4 cm³/mol. The van der Waals surface area contributed by atoms with E-state index in [1.54, 1.807) is 6.92 Å². The van der Waals surface area contributed by atoms with E-state index in [0.717, 1.165) is 0 Å². The fourth-order valence-corrected chi connectivity index (χ4v) is 1.94. The maximum absolute atomic E-state index is 12.0. The van der Waals surface area contributed by atoms with Crippen LogP contribution >= 0.6 is 15.9 Å². The molecule has 0 unspecified atom stereocenters. The first-order valence-corrected chi connectivity index (χ1v) is 6.13. The topological polar surface area (TPSA) is 103 Å². The van der Waals surface area contributed by atoms with E-state index in [9.17, 15) is 9.59 Å². The summed E-state index contributed by atoms with van der Waals surface area (Å²) in [5.74, 6) is 5.46. The Morgan fingerprint density at radius 3 is 3.05 bits per heavy atom. The monoisotopic (exact) mass is 326 g/mol. The first kappa shape index (κ1) is 13.5. The zero-order chi connectivity index (χ0) is 14.0. The number of nitrogens with zero attached hydrogens (tertiary/aromatic N) is 2. The van der Waals surface area contributed by atoms with E-state index in [2.05, 4.69) is 20.9 Å². The van der Waals surface area contributed by atoms with Crippen LogP contribution in [-0.2, 0) is 6.54 Å². The normalized spacial score (nSPS) is 10.5. The van der Waals surface area contributed by atoms with Gasteiger partial charge < -0.3 is 4.42 Å². The van der Waals surface area contributed by atoms with E-state index in [1.165, 1.54) is 23.1 Å². The van der Waals surface area contributed by atoms with E-state index in [4.69, 9.17) is 10.3 Å². The lowest BCUT2D eigenvalue weighted by molar-refractivity contribution is 0.0951. The number of nitrogens with one attached hydrogen (secondary N) is 1. The Morgan fingerprint density at radius 1 is 1.63 bits per heavy atom. The number of carbonyl (C=O) groups is 1. The number of furan rings is 1. The Morgan fingerprint density at radius 2 is 2.37 bits per heavy atom. The molecule has 8 heteroatoms. The van der Waals surface area contributed by atoms with E-state index < -0.39 is 5.91 Å². The van der Waals surface area contributed by atoms with Crippen molar-refractivity contribution in [1.29, 1.82) is 0 Å². The molecule has 0 spiro atoms. The van der Waals surface area contributed by atoms with Crippen molar-refractivity contribution in [3.05, 3.63) is 50.5 Å². The molecule has 2 heterocycles. The van der Waals surface area contributed by atoms with Gasteiger partial charge in [0.15, 0.2) is 0 Å². The zero-order valence-corrected chi connectivity index (χ0v) is 11.6.